The predicted octanol–water partition coefficient (Wildman–Crippen LogP) is -0.739. The standard InChI is InChI=1S/C10H19O2.Li/c1-6-9(4)10(8(2)3)12-7-11-5;/h1,6,8-10H,7H2,2-5H3;/q-1;+1/t9-,10+;/m1./s1. The molecule has 72 valence electrons. The van der Waals surface area contributed by atoms with Crippen LogP contribution in [0.3, 0.4) is 0 Å². The second kappa shape index (κ2) is 8.84. The van der Waals surface area contributed by atoms with E-state index < -0.39 is 0 Å². The minimum Gasteiger partial charge on any atom is -0.518 e. The van der Waals surface area contributed by atoms with Crippen LogP contribution >= 0.6 is 0 Å². The average Bonchev–Trinajstić information content (AvgIpc) is 2.04. The van der Waals surface area contributed by atoms with Crippen molar-refractivity contribution in [3.63, 3.8) is 0 Å². The molecule has 0 aliphatic heterocycles. The van der Waals surface area contributed by atoms with E-state index in [1.54, 1.807) is 13.2 Å². The molecule has 2 nitrogen and oxygen atoms in total. The molecule has 0 fully saturated rings. The summed E-state index contributed by atoms with van der Waals surface area (Å²) in [5.41, 5.74) is 0. The Kier molecular flexibility index (Phi) is 10.7. The zero-order chi connectivity index (χ0) is 9.56. The first-order valence-electron chi connectivity index (χ1n) is 4.29. The van der Waals surface area contributed by atoms with Crippen LogP contribution in [0.4, 0.5) is 0 Å². The maximum atomic E-state index is 5.47. The van der Waals surface area contributed by atoms with E-state index in [4.69, 9.17) is 16.1 Å². The van der Waals surface area contributed by atoms with Crippen molar-refractivity contribution in [2.75, 3.05) is 13.9 Å². The van der Waals surface area contributed by atoms with Gasteiger partial charge in [-0.15, -0.1) is 0 Å². The Morgan fingerprint density at radius 2 is 1.85 bits per heavy atom. The number of hydrogen-bond donors (Lipinski definition) is 0. The monoisotopic (exact) mass is 178 g/mol. The summed E-state index contributed by atoms with van der Waals surface area (Å²) in [6.45, 7) is 12.0. The number of methoxy groups -OCH3 is 1. The molecule has 0 amide bonds. The van der Waals surface area contributed by atoms with Gasteiger partial charge in [-0.2, -0.15) is 0 Å². The Bertz CT molecular complexity index is 126. The van der Waals surface area contributed by atoms with Gasteiger partial charge in [-0.25, -0.2) is 0 Å². The Labute approximate surface area is 93.9 Å². The van der Waals surface area contributed by atoms with Crippen molar-refractivity contribution < 1.29 is 28.3 Å². The van der Waals surface area contributed by atoms with Crippen molar-refractivity contribution in [3.8, 4) is 0 Å². The summed E-state index contributed by atoms with van der Waals surface area (Å²) in [7, 11) is 1.62. The fourth-order valence-corrected chi connectivity index (χ4v) is 1.21. The van der Waals surface area contributed by atoms with E-state index in [1.165, 1.54) is 0 Å². The van der Waals surface area contributed by atoms with Crippen LogP contribution in [0.15, 0.2) is 6.08 Å². The minimum absolute atomic E-state index is 0. The van der Waals surface area contributed by atoms with E-state index in [0.29, 0.717) is 12.7 Å². The topological polar surface area (TPSA) is 18.5 Å². The summed E-state index contributed by atoms with van der Waals surface area (Å²) in [5, 5.41) is 0. The maximum absolute atomic E-state index is 5.47. The molecular weight excluding hydrogens is 159 g/mol. The van der Waals surface area contributed by atoms with Crippen molar-refractivity contribution in [3.05, 3.63) is 12.7 Å². The fraction of sp³-hybridized carbons (Fsp3) is 0.800. The molecule has 0 aromatic heterocycles. The van der Waals surface area contributed by atoms with Crippen molar-refractivity contribution in [1.82, 2.24) is 0 Å². The number of hydrogen-bond acceptors (Lipinski definition) is 2. The fourth-order valence-electron chi connectivity index (χ4n) is 1.21. The first-order chi connectivity index (χ1) is 5.63. The second-order valence-electron chi connectivity index (χ2n) is 3.33. The van der Waals surface area contributed by atoms with Gasteiger partial charge in [0.05, 0.1) is 6.10 Å². The van der Waals surface area contributed by atoms with E-state index in [9.17, 15) is 0 Å². The van der Waals surface area contributed by atoms with Gasteiger partial charge in [0.15, 0.2) is 0 Å². The van der Waals surface area contributed by atoms with Gasteiger partial charge in [0.1, 0.15) is 6.79 Å². The van der Waals surface area contributed by atoms with Gasteiger partial charge in [-0.1, -0.05) is 20.8 Å². The first-order valence-corrected chi connectivity index (χ1v) is 4.29. The molecule has 0 saturated carbocycles. The molecule has 2 atom stereocenters. The summed E-state index contributed by atoms with van der Waals surface area (Å²) in [6, 6.07) is 0. The minimum atomic E-state index is 0. The smallest absolute Gasteiger partial charge is 0.518 e. The van der Waals surface area contributed by atoms with Crippen LogP contribution in [0.5, 0.6) is 0 Å². The van der Waals surface area contributed by atoms with Gasteiger partial charge < -0.3 is 16.1 Å². The Balaban J connectivity index is 0. The van der Waals surface area contributed by atoms with Crippen LogP contribution < -0.4 is 18.9 Å². The molecule has 13 heavy (non-hydrogen) atoms. The van der Waals surface area contributed by atoms with Gasteiger partial charge in [0.2, 0.25) is 0 Å². The molecule has 0 spiro atoms. The molecule has 0 aromatic rings. The molecule has 0 aliphatic rings. The van der Waals surface area contributed by atoms with Gasteiger partial charge in [-0.3, -0.25) is 6.08 Å². The normalized spacial score (nSPS) is 14.8. The quantitative estimate of drug-likeness (QED) is 0.303. The molecule has 0 unspecified atom stereocenters. The molecule has 0 saturated heterocycles. The van der Waals surface area contributed by atoms with Gasteiger partial charge in [-0.05, 0) is 11.8 Å². The Hall–Kier alpha value is 0.257. The van der Waals surface area contributed by atoms with Gasteiger partial charge in [0, 0.05) is 7.11 Å². The Morgan fingerprint density at radius 3 is 2.15 bits per heavy atom. The molecule has 0 aromatic carbocycles. The van der Waals surface area contributed by atoms with Crippen molar-refractivity contribution >= 4 is 0 Å². The largest absolute Gasteiger partial charge is 1.00 e. The van der Waals surface area contributed by atoms with E-state index >= 15 is 0 Å². The second-order valence-corrected chi connectivity index (χ2v) is 3.33. The van der Waals surface area contributed by atoms with Crippen LogP contribution in [0.25, 0.3) is 0 Å². The molecule has 0 bridgehead atoms. The van der Waals surface area contributed by atoms with Gasteiger partial charge >= 0.3 is 18.9 Å². The number of ether oxygens (including phenoxy) is 2. The third-order valence-corrected chi connectivity index (χ3v) is 1.86. The first kappa shape index (κ1) is 15.7. The molecular formula is C10H19LiO2. The van der Waals surface area contributed by atoms with Crippen LogP contribution in [0.2, 0.25) is 0 Å². The molecule has 3 heteroatoms. The van der Waals surface area contributed by atoms with E-state index in [0.717, 1.165) is 0 Å². The Morgan fingerprint density at radius 1 is 1.31 bits per heavy atom. The van der Waals surface area contributed by atoms with Crippen molar-refractivity contribution in [2.24, 2.45) is 11.8 Å². The zero-order valence-corrected chi connectivity index (χ0v) is 9.41. The predicted molar refractivity (Wildman–Crippen MR) is 49.6 cm³/mol. The van der Waals surface area contributed by atoms with Crippen molar-refractivity contribution in [1.29, 1.82) is 0 Å². The van der Waals surface area contributed by atoms with Crippen LogP contribution in [0.1, 0.15) is 20.8 Å². The molecule has 0 aliphatic carbocycles. The maximum Gasteiger partial charge on any atom is 1.00 e. The van der Waals surface area contributed by atoms with E-state index in [-0.39, 0.29) is 30.9 Å². The summed E-state index contributed by atoms with van der Waals surface area (Å²) in [6.07, 6.45) is 1.82. The van der Waals surface area contributed by atoms with Crippen LogP contribution in [0, 0.1) is 18.4 Å². The average molecular weight is 178 g/mol. The number of rotatable bonds is 6. The third kappa shape index (κ3) is 6.34. The zero-order valence-electron chi connectivity index (χ0n) is 9.41. The molecule has 0 rings (SSSR count). The molecule has 0 radical (unpaired) electrons. The molecule has 0 N–H and O–H groups in total. The van der Waals surface area contributed by atoms with Crippen molar-refractivity contribution in [2.45, 2.75) is 26.9 Å². The van der Waals surface area contributed by atoms with E-state index in [2.05, 4.69) is 13.8 Å². The summed E-state index contributed by atoms with van der Waals surface area (Å²) < 4.78 is 10.3. The SMILES string of the molecule is [CH-]=C[C@@H](C)[C@@H](OCOC)C(C)C.[Li+]. The van der Waals surface area contributed by atoms with Gasteiger partial charge in [0.25, 0.3) is 0 Å². The summed E-state index contributed by atoms with van der Waals surface area (Å²) in [5.74, 6) is 0.718. The summed E-state index contributed by atoms with van der Waals surface area (Å²) >= 11 is 0. The summed E-state index contributed by atoms with van der Waals surface area (Å²) in [4.78, 5) is 0. The van der Waals surface area contributed by atoms with E-state index in [1.807, 2.05) is 6.92 Å². The molecule has 0 heterocycles. The van der Waals surface area contributed by atoms with Crippen LogP contribution in [-0.2, 0) is 9.47 Å². The third-order valence-electron chi connectivity index (χ3n) is 1.86. The van der Waals surface area contributed by atoms with Crippen LogP contribution in [-0.4, -0.2) is 20.0 Å².